The molecule has 0 heterocycles. The van der Waals surface area contributed by atoms with Crippen molar-refractivity contribution in [2.24, 2.45) is 0 Å². The van der Waals surface area contributed by atoms with Crippen LogP contribution in [0.1, 0.15) is 5.56 Å². The predicted molar refractivity (Wildman–Crippen MR) is 107 cm³/mol. The number of nitrogens with zero attached hydrogens (tertiary/aromatic N) is 1. The molecular weight excluding hydrogens is 400 g/mol. The normalized spacial score (nSPS) is 9.83. The van der Waals surface area contributed by atoms with E-state index >= 15 is 0 Å². The molecule has 3 N–H and O–H groups in total. The molecule has 0 aliphatic rings. The molecule has 0 aliphatic heterocycles. The van der Waals surface area contributed by atoms with Gasteiger partial charge >= 0.3 is 0 Å². The molecule has 0 radical (unpaired) electrons. The number of hydrogen-bond donors (Lipinski definition) is 3. The Balaban J connectivity index is 1.65. The van der Waals surface area contributed by atoms with E-state index < -0.39 is 16.7 Å². The minimum atomic E-state index is -0.573. The number of ether oxygens (including phenoxy) is 2. The molecule has 0 spiro atoms. The zero-order chi connectivity index (χ0) is 21.2. The van der Waals surface area contributed by atoms with Gasteiger partial charge in [0, 0.05) is 12.1 Å². The van der Waals surface area contributed by atoms with Gasteiger partial charge in [0.25, 0.3) is 17.5 Å². The van der Waals surface area contributed by atoms with Crippen LogP contribution in [-0.4, -0.2) is 35.1 Å². The molecule has 0 fully saturated rings. The standard InChI is InChI=1S/C18H18N4O6S/c1-12-3-2-4-15(9-12)28-10-16(23)19-18(29)21-20-17(24)11-27-14-7-5-13(6-8-14)22(25)26/h2-9H,10-11H2,1H3,(H,20,24)(H2,19,21,23,29). The van der Waals surface area contributed by atoms with Gasteiger partial charge in [0.2, 0.25) is 0 Å². The lowest BCUT2D eigenvalue weighted by molar-refractivity contribution is -0.384. The highest BCUT2D eigenvalue weighted by atomic mass is 32.1. The number of non-ortho nitro benzene ring substituents is 1. The van der Waals surface area contributed by atoms with Crippen LogP contribution in [0.5, 0.6) is 11.5 Å². The number of rotatable bonds is 7. The Bertz CT molecular complexity index is 903. The van der Waals surface area contributed by atoms with Crippen LogP contribution in [0.4, 0.5) is 5.69 Å². The molecule has 0 atom stereocenters. The summed E-state index contributed by atoms with van der Waals surface area (Å²) in [7, 11) is 0. The van der Waals surface area contributed by atoms with E-state index in [1.54, 1.807) is 12.1 Å². The number of carbonyl (C=O) groups excluding carboxylic acids is 2. The lowest BCUT2D eigenvalue weighted by Crippen LogP contribution is -2.50. The monoisotopic (exact) mass is 418 g/mol. The highest BCUT2D eigenvalue weighted by Crippen LogP contribution is 2.17. The van der Waals surface area contributed by atoms with Gasteiger partial charge in [-0.25, -0.2) is 0 Å². The Labute approximate surface area is 171 Å². The lowest BCUT2D eigenvalue weighted by atomic mass is 10.2. The predicted octanol–water partition coefficient (Wildman–Crippen LogP) is 1.38. The Hall–Kier alpha value is -3.73. The minimum Gasteiger partial charge on any atom is -0.484 e. The van der Waals surface area contributed by atoms with Gasteiger partial charge in [-0.2, -0.15) is 0 Å². The van der Waals surface area contributed by atoms with E-state index in [2.05, 4.69) is 16.2 Å². The zero-order valence-corrected chi connectivity index (χ0v) is 16.2. The first-order valence-electron chi connectivity index (χ1n) is 8.29. The lowest BCUT2D eigenvalue weighted by Gasteiger charge is -2.12. The summed E-state index contributed by atoms with van der Waals surface area (Å²) in [5, 5.41) is 12.8. The number of nitrogens with one attached hydrogen (secondary N) is 3. The van der Waals surface area contributed by atoms with E-state index in [9.17, 15) is 19.7 Å². The van der Waals surface area contributed by atoms with Crippen molar-refractivity contribution in [2.75, 3.05) is 13.2 Å². The van der Waals surface area contributed by atoms with Gasteiger partial charge in [-0.1, -0.05) is 12.1 Å². The second kappa shape index (κ2) is 10.6. The highest BCUT2D eigenvalue weighted by Gasteiger charge is 2.09. The number of nitro groups is 1. The summed E-state index contributed by atoms with van der Waals surface area (Å²) < 4.78 is 10.5. The van der Waals surface area contributed by atoms with Crippen LogP contribution in [0.15, 0.2) is 48.5 Å². The third kappa shape index (κ3) is 7.81. The molecule has 0 aromatic heterocycles. The summed E-state index contributed by atoms with van der Waals surface area (Å²) in [5.41, 5.74) is 5.52. The fourth-order valence-electron chi connectivity index (χ4n) is 2.02. The molecule has 2 amide bonds. The average molecular weight is 418 g/mol. The van der Waals surface area contributed by atoms with Gasteiger partial charge < -0.3 is 9.47 Å². The first-order chi connectivity index (χ1) is 13.8. The third-order valence-electron chi connectivity index (χ3n) is 3.35. The number of hydrazine groups is 1. The first kappa shape index (κ1) is 21.6. The largest absolute Gasteiger partial charge is 0.484 e. The summed E-state index contributed by atoms with van der Waals surface area (Å²) in [4.78, 5) is 33.5. The van der Waals surface area contributed by atoms with Crippen molar-refractivity contribution < 1.29 is 24.0 Å². The van der Waals surface area contributed by atoms with Crippen molar-refractivity contribution >= 4 is 34.8 Å². The number of hydrogen-bond acceptors (Lipinski definition) is 7. The van der Waals surface area contributed by atoms with Crippen molar-refractivity contribution in [1.82, 2.24) is 16.2 Å². The molecule has 0 aliphatic carbocycles. The molecule has 2 rings (SSSR count). The highest BCUT2D eigenvalue weighted by molar-refractivity contribution is 7.80. The van der Waals surface area contributed by atoms with E-state index in [1.807, 2.05) is 19.1 Å². The molecule has 29 heavy (non-hydrogen) atoms. The van der Waals surface area contributed by atoms with Crippen LogP contribution >= 0.6 is 12.2 Å². The smallest absolute Gasteiger partial charge is 0.276 e. The Morgan fingerprint density at radius 1 is 1.00 bits per heavy atom. The molecule has 0 bridgehead atoms. The number of aryl methyl sites for hydroxylation is 1. The van der Waals surface area contributed by atoms with Gasteiger partial charge in [-0.05, 0) is 49.0 Å². The van der Waals surface area contributed by atoms with Gasteiger partial charge in [0.05, 0.1) is 4.92 Å². The number of amides is 2. The summed E-state index contributed by atoms with van der Waals surface area (Å²) in [5.74, 6) is -0.234. The molecule has 11 heteroatoms. The van der Waals surface area contributed by atoms with Crippen LogP contribution in [0.2, 0.25) is 0 Å². The molecule has 10 nitrogen and oxygen atoms in total. The number of carbonyl (C=O) groups is 2. The van der Waals surface area contributed by atoms with Gasteiger partial charge in [0.1, 0.15) is 11.5 Å². The number of nitro benzene ring substituents is 1. The van der Waals surface area contributed by atoms with Crippen molar-refractivity contribution in [3.8, 4) is 11.5 Å². The summed E-state index contributed by atoms with van der Waals surface area (Å²) in [6, 6.07) is 12.5. The van der Waals surface area contributed by atoms with E-state index in [0.29, 0.717) is 5.75 Å². The maximum absolute atomic E-state index is 11.8. The molecule has 2 aromatic rings. The van der Waals surface area contributed by atoms with Crippen LogP contribution in [-0.2, 0) is 9.59 Å². The fourth-order valence-corrected chi connectivity index (χ4v) is 2.19. The molecular formula is C18H18N4O6S. The van der Waals surface area contributed by atoms with Crippen molar-refractivity contribution in [3.05, 3.63) is 64.2 Å². The van der Waals surface area contributed by atoms with Crippen LogP contribution < -0.4 is 25.6 Å². The SMILES string of the molecule is Cc1cccc(OCC(=O)NC(=S)NNC(=O)COc2ccc([N+](=O)[O-])cc2)c1. The van der Waals surface area contributed by atoms with Crippen molar-refractivity contribution in [1.29, 1.82) is 0 Å². The van der Waals surface area contributed by atoms with Crippen LogP contribution in [0.25, 0.3) is 0 Å². The van der Waals surface area contributed by atoms with Crippen LogP contribution in [0.3, 0.4) is 0 Å². The Morgan fingerprint density at radius 2 is 1.66 bits per heavy atom. The van der Waals surface area contributed by atoms with Crippen LogP contribution in [0, 0.1) is 17.0 Å². The number of thiocarbonyl (C=S) groups is 1. The second-order valence-electron chi connectivity index (χ2n) is 5.70. The van der Waals surface area contributed by atoms with E-state index in [0.717, 1.165) is 5.56 Å². The second-order valence-corrected chi connectivity index (χ2v) is 6.10. The maximum Gasteiger partial charge on any atom is 0.276 e. The third-order valence-corrected chi connectivity index (χ3v) is 3.55. The van der Waals surface area contributed by atoms with Crippen molar-refractivity contribution in [2.45, 2.75) is 6.92 Å². The molecule has 0 saturated carbocycles. The Kier molecular flexibility index (Phi) is 7.86. The summed E-state index contributed by atoms with van der Waals surface area (Å²) in [6.45, 7) is 1.29. The fraction of sp³-hybridized carbons (Fsp3) is 0.167. The number of benzene rings is 2. The van der Waals surface area contributed by atoms with Crippen molar-refractivity contribution in [3.63, 3.8) is 0 Å². The summed E-state index contributed by atoms with van der Waals surface area (Å²) >= 11 is 4.90. The molecule has 152 valence electrons. The van der Waals surface area contributed by atoms with E-state index in [1.165, 1.54) is 24.3 Å². The zero-order valence-electron chi connectivity index (χ0n) is 15.3. The molecule has 0 saturated heterocycles. The van der Waals surface area contributed by atoms with E-state index in [-0.39, 0.29) is 29.8 Å². The van der Waals surface area contributed by atoms with E-state index in [4.69, 9.17) is 21.7 Å². The molecule has 2 aromatic carbocycles. The maximum atomic E-state index is 11.8. The topological polar surface area (TPSA) is 132 Å². The minimum absolute atomic E-state index is 0.0871. The first-order valence-corrected chi connectivity index (χ1v) is 8.69. The van der Waals surface area contributed by atoms with Gasteiger partial charge in [-0.3, -0.25) is 35.9 Å². The van der Waals surface area contributed by atoms with Gasteiger partial charge in [0.15, 0.2) is 18.3 Å². The summed E-state index contributed by atoms with van der Waals surface area (Å²) in [6.07, 6.45) is 0. The average Bonchev–Trinajstić information content (AvgIpc) is 2.69. The quantitative estimate of drug-likeness (QED) is 0.349. The molecule has 0 unspecified atom stereocenters. The Morgan fingerprint density at radius 3 is 2.31 bits per heavy atom. The van der Waals surface area contributed by atoms with Gasteiger partial charge in [-0.15, -0.1) is 0 Å².